The van der Waals surface area contributed by atoms with Crippen LogP contribution >= 0.6 is 35.0 Å². The molecule has 3 rings (SSSR count). The Kier molecular flexibility index (Phi) is 7.26. The summed E-state index contributed by atoms with van der Waals surface area (Å²) < 4.78 is 0. The molecule has 0 aromatic heterocycles. The third-order valence-electron chi connectivity index (χ3n) is 4.45. The molecule has 1 fully saturated rings. The van der Waals surface area contributed by atoms with E-state index in [2.05, 4.69) is 29.2 Å². The van der Waals surface area contributed by atoms with Gasteiger partial charge >= 0.3 is 0 Å². The summed E-state index contributed by atoms with van der Waals surface area (Å²) in [5, 5.41) is 1.12. The molecule has 2 aromatic rings. The first-order valence-electron chi connectivity index (χ1n) is 8.67. The Bertz CT molecular complexity index is 734. The fraction of sp³-hybridized carbons (Fsp3) is 0.350. The van der Waals surface area contributed by atoms with Crippen LogP contribution in [0.1, 0.15) is 11.1 Å². The molecule has 0 atom stereocenters. The zero-order chi connectivity index (χ0) is 18.4. The molecule has 138 valence electrons. The molecule has 1 amide bonds. The normalized spacial score (nSPS) is 15.2. The van der Waals surface area contributed by atoms with E-state index in [0.717, 1.165) is 44.0 Å². The molecule has 2 aromatic carbocycles. The number of rotatable bonds is 6. The molecule has 6 heteroatoms. The summed E-state index contributed by atoms with van der Waals surface area (Å²) in [5.41, 5.74) is 2.41. The number of carbonyl (C=O) groups is 1. The van der Waals surface area contributed by atoms with Gasteiger partial charge in [-0.15, -0.1) is 11.8 Å². The second-order valence-electron chi connectivity index (χ2n) is 6.38. The van der Waals surface area contributed by atoms with Crippen LogP contribution in [0.2, 0.25) is 10.0 Å². The van der Waals surface area contributed by atoms with E-state index in [-0.39, 0.29) is 5.91 Å². The number of hydrogen-bond acceptors (Lipinski definition) is 3. The summed E-state index contributed by atoms with van der Waals surface area (Å²) in [6.45, 7) is 4.42. The lowest BCUT2D eigenvalue weighted by Crippen LogP contribution is -2.48. The lowest BCUT2D eigenvalue weighted by atomic mass is 10.2. The minimum Gasteiger partial charge on any atom is -0.339 e. The first-order valence-corrected chi connectivity index (χ1v) is 10.6. The van der Waals surface area contributed by atoms with E-state index in [0.29, 0.717) is 15.8 Å². The fourth-order valence-corrected chi connectivity index (χ4v) is 4.17. The SMILES string of the molecule is O=C(CSCc1ccc(Cl)c(Cl)c1)N1CCN(Cc2ccccc2)CC1. The van der Waals surface area contributed by atoms with Gasteiger partial charge in [-0.25, -0.2) is 0 Å². The van der Waals surface area contributed by atoms with Gasteiger partial charge in [-0.1, -0.05) is 59.6 Å². The third-order valence-corrected chi connectivity index (χ3v) is 6.18. The van der Waals surface area contributed by atoms with E-state index in [9.17, 15) is 4.79 Å². The van der Waals surface area contributed by atoms with Crippen LogP contribution in [0.4, 0.5) is 0 Å². The third kappa shape index (κ3) is 5.65. The number of nitrogens with zero attached hydrogens (tertiary/aromatic N) is 2. The molecule has 0 N–H and O–H groups in total. The van der Waals surface area contributed by atoms with Crippen LogP contribution in [0, 0.1) is 0 Å². The zero-order valence-corrected chi connectivity index (χ0v) is 16.9. The molecule has 1 saturated heterocycles. The summed E-state index contributed by atoms with van der Waals surface area (Å²) >= 11 is 13.6. The van der Waals surface area contributed by atoms with Crippen LogP contribution in [0.25, 0.3) is 0 Å². The standard InChI is InChI=1S/C20H22Cl2N2OS/c21-18-7-6-17(12-19(18)22)14-26-15-20(25)24-10-8-23(9-11-24)13-16-4-2-1-3-5-16/h1-7,12H,8-11,13-15H2. The van der Waals surface area contributed by atoms with Gasteiger partial charge in [-0.3, -0.25) is 9.69 Å². The molecule has 0 radical (unpaired) electrons. The van der Waals surface area contributed by atoms with Crippen LogP contribution in [-0.2, 0) is 17.1 Å². The minimum absolute atomic E-state index is 0.217. The monoisotopic (exact) mass is 408 g/mol. The maximum absolute atomic E-state index is 12.4. The van der Waals surface area contributed by atoms with Gasteiger partial charge in [0.25, 0.3) is 0 Å². The molecule has 0 spiro atoms. The van der Waals surface area contributed by atoms with Crippen molar-refractivity contribution in [2.75, 3.05) is 31.9 Å². The Labute approximate surface area is 169 Å². The van der Waals surface area contributed by atoms with Crippen molar-refractivity contribution < 1.29 is 4.79 Å². The molecule has 0 unspecified atom stereocenters. The fourth-order valence-electron chi connectivity index (χ4n) is 2.97. The lowest BCUT2D eigenvalue weighted by Gasteiger charge is -2.34. The maximum Gasteiger partial charge on any atom is 0.232 e. The molecular formula is C20H22Cl2N2OS. The number of thioether (sulfide) groups is 1. The van der Waals surface area contributed by atoms with Crippen molar-refractivity contribution in [3.8, 4) is 0 Å². The van der Waals surface area contributed by atoms with E-state index >= 15 is 0 Å². The van der Waals surface area contributed by atoms with Crippen LogP contribution < -0.4 is 0 Å². The molecule has 3 nitrogen and oxygen atoms in total. The summed E-state index contributed by atoms with van der Waals surface area (Å²) in [6.07, 6.45) is 0. The van der Waals surface area contributed by atoms with E-state index in [1.54, 1.807) is 17.8 Å². The van der Waals surface area contributed by atoms with Crippen LogP contribution in [-0.4, -0.2) is 47.6 Å². The van der Waals surface area contributed by atoms with Crippen molar-refractivity contribution in [1.29, 1.82) is 0 Å². The second-order valence-corrected chi connectivity index (χ2v) is 8.18. The van der Waals surface area contributed by atoms with Gasteiger partial charge in [0.2, 0.25) is 5.91 Å². The topological polar surface area (TPSA) is 23.6 Å². The maximum atomic E-state index is 12.4. The first kappa shape index (κ1) is 19.6. The average Bonchev–Trinajstić information content (AvgIpc) is 2.66. The van der Waals surface area contributed by atoms with Crippen molar-refractivity contribution in [3.63, 3.8) is 0 Å². The van der Waals surface area contributed by atoms with E-state index in [1.807, 2.05) is 23.1 Å². The number of halogens is 2. The van der Waals surface area contributed by atoms with Gasteiger partial charge in [0, 0.05) is 38.5 Å². The van der Waals surface area contributed by atoms with Crippen molar-refractivity contribution in [3.05, 3.63) is 69.7 Å². The largest absolute Gasteiger partial charge is 0.339 e. The van der Waals surface area contributed by atoms with Crippen LogP contribution in [0.15, 0.2) is 48.5 Å². The van der Waals surface area contributed by atoms with Gasteiger partial charge in [0.1, 0.15) is 0 Å². The zero-order valence-electron chi connectivity index (χ0n) is 14.5. The highest BCUT2D eigenvalue weighted by Crippen LogP contribution is 2.24. The van der Waals surface area contributed by atoms with E-state index < -0.39 is 0 Å². The highest BCUT2D eigenvalue weighted by atomic mass is 35.5. The summed E-state index contributed by atoms with van der Waals surface area (Å²) in [4.78, 5) is 16.8. The van der Waals surface area contributed by atoms with Crippen molar-refractivity contribution in [2.45, 2.75) is 12.3 Å². The van der Waals surface area contributed by atoms with Gasteiger partial charge in [0.15, 0.2) is 0 Å². The van der Waals surface area contributed by atoms with Gasteiger partial charge in [-0.2, -0.15) is 0 Å². The Morgan fingerprint density at radius 3 is 2.35 bits per heavy atom. The average molecular weight is 409 g/mol. The molecular weight excluding hydrogens is 387 g/mol. The van der Waals surface area contributed by atoms with Gasteiger partial charge in [-0.05, 0) is 23.3 Å². The second kappa shape index (κ2) is 9.65. The number of hydrogen-bond donors (Lipinski definition) is 0. The summed E-state index contributed by atoms with van der Waals surface area (Å²) in [6, 6.07) is 16.1. The number of piperazine rings is 1. The number of carbonyl (C=O) groups excluding carboxylic acids is 1. The first-order chi connectivity index (χ1) is 12.6. The van der Waals surface area contributed by atoms with Crippen LogP contribution in [0.5, 0.6) is 0 Å². The molecule has 0 bridgehead atoms. The molecule has 0 saturated carbocycles. The lowest BCUT2D eigenvalue weighted by molar-refractivity contribution is -0.130. The minimum atomic E-state index is 0.217. The quantitative estimate of drug-likeness (QED) is 0.698. The highest BCUT2D eigenvalue weighted by molar-refractivity contribution is 7.99. The predicted octanol–water partition coefficient (Wildman–Crippen LogP) is 4.57. The van der Waals surface area contributed by atoms with Crippen LogP contribution in [0.3, 0.4) is 0 Å². The summed E-state index contributed by atoms with van der Waals surface area (Å²) in [5.74, 6) is 1.48. The van der Waals surface area contributed by atoms with Gasteiger partial charge in [0.05, 0.1) is 15.8 Å². The van der Waals surface area contributed by atoms with Crippen molar-refractivity contribution in [2.24, 2.45) is 0 Å². The van der Waals surface area contributed by atoms with E-state index in [4.69, 9.17) is 23.2 Å². The molecule has 1 aliphatic heterocycles. The Morgan fingerprint density at radius 2 is 1.65 bits per heavy atom. The Balaban J connectivity index is 1.38. The molecule has 26 heavy (non-hydrogen) atoms. The molecule has 1 aliphatic rings. The Hall–Kier alpha value is -1.20. The smallest absolute Gasteiger partial charge is 0.232 e. The van der Waals surface area contributed by atoms with Crippen molar-refractivity contribution in [1.82, 2.24) is 9.80 Å². The number of amides is 1. The molecule has 1 heterocycles. The highest BCUT2D eigenvalue weighted by Gasteiger charge is 2.20. The predicted molar refractivity (Wildman–Crippen MR) is 111 cm³/mol. The van der Waals surface area contributed by atoms with Crippen molar-refractivity contribution >= 4 is 40.9 Å². The van der Waals surface area contributed by atoms with Gasteiger partial charge < -0.3 is 4.90 Å². The number of benzene rings is 2. The summed E-state index contributed by atoms with van der Waals surface area (Å²) in [7, 11) is 0. The van der Waals surface area contributed by atoms with E-state index in [1.165, 1.54) is 5.56 Å². The molecule has 0 aliphatic carbocycles. The Morgan fingerprint density at radius 1 is 0.923 bits per heavy atom.